The minimum Gasteiger partial charge on any atom is -0.426 e. The predicted octanol–water partition coefficient (Wildman–Crippen LogP) is 2.03. The number of fused-ring (bicyclic) bond motifs is 1. The lowest BCUT2D eigenvalue weighted by molar-refractivity contribution is -0.143. The quantitative estimate of drug-likeness (QED) is 0.206. The van der Waals surface area contributed by atoms with E-state index in [1.807, 2.05) is 0 Å². The van der Waals surface area contributed by atoms with Gasteiger partial charge in [-0.3, -0.25) is 4.79 Å². The number of rotatable bonds is 9. The lowest BCUT2D eigenvalue weighted by Crippen LogP contribution is -2.25. The summed E-state index contributed by atoms with van der Waals surface area (Å²) in [5.74, 6) is 0.271. The first-order valence-corrected chi connectivity index (χ1v) is 11.3. The van der Waals surface area contributed by atoms with E-state index in [-0.39, 0.29) is 24.8 Å². The molecule has 0 bridgehead atoms. The number of carbonyl (C=O) groups is 1. The monoisotopic (exact) mass is 465 g/mol. The van der Waals surface area contributed by atoms with Crippen molar-refractivity contribution in [3.8, 4) is 11.5 Å². The molecule has 1 aromatic carbocycles. The Balaban J connectivity index is 1.43. The van der Waals surface area contributed by atoms with Gasteiger partial charge in [-0.25, -0.2) is 19.5 Å². The van der Waals surface area contributed by atoms with Crippen LogP contribution in [-0.4, -0.2) is 50.1 Å². The molecule has 0 aliphatic heterocycles. The van der Waals surface area contributed by atoms with Crippen molar-refractivity contribution in [1.29, 1.82) is 0 Å². The van der Waals surface area contributed by atoms with Gasteiger partial charge in [0.15, 0.2) is 17.7 Å². The molecule has 0 radical (unpaired) electrons. The molecule has 3 N–H and O–H groups in total. The lowest BCUT2D eigenvalue weighted by atomic mass is 9.97. The molecule has 2 heterocycles. The summed E-state index contributed by atoms with van der Waals surface area (Å²) >= 11 is 0. The van der Waals surface area contributed by atoms with E-state index < -0.39 is 25.3 Å². The highest BCUT2D eigenvalue weighted by atomic mass is 31.2. The van der Waals surface area contributed by atoms with Crippen LogP contribution in [0.3, 0.4) is 0 Å². The van der Waals surface area contributed by atoms with Crippen molar-refractivity contribution in [2.75, 3.05) is 25.3 Å². The number of nitrogens with two attached hydrogens (primary N) is 1. The van der Waals surface area contributed by atoms with E-state index in [0.29, 0.717) is 16.9 Å². The molecule has 2 aromatic heterocycles. The molecular weight excluding hydrogens is 441 g/mol. The van der Waals surface area contributed by atoms with Gasteiger partial charge in [-0.1, -0.05) is 0 Å². The standard InChI is InChI=1S/C19H24N5O7P/c1-19(2,3)18(25)30-13-4-6-14(7-5-13)31-32(26,27)12-28-8-9-29-24-11-23-15-16(20)21-10-22-17(15)24/h4-7,10-11H,8-9,12H2,1-3H3,(H,26,27)(H2,20,21,22). The number of anilines is 1. The fourth-order valence-corrected chi connectivity index (χ4v) is 3.18. The Morgan fingerprint density at radius 2 is 1.81 bits per heavy atom. The average molecular weight is 465 g/mol. The van der Waals surface area contributed by atoms with E-state index in [9.17, 15) is 14.3 Å². The Kier molecular flexibility index (Phi) is 6.97. The molecule has 0 saturated heterocycles. The third-order valence-corrected chi connectivity index (χ3v) is 4.94. The minimum absolute atomic E-state index is 0.00976. The van der Waals surface area contributed by atoms with Crippen LogP contribution in [0.2, 0.25) is 0 Å². The number of benzene rings is 1. The van der Waals surface area contributed by atoms with Crippen LogP contribution in [0.25, 0.3) is 11.2 Å². The third-order valence-electron chi connectivity index (χ3n) is 3.94. The second-order valence-electron chi connectivity index (χ2n) is 7.71. The third kappa shape index (κ3) is 6.16. The first kappa shape index (κ1) is 23.5. The van der Waals surface area contributed by atoms with E-state index in [0.717, 1.165) is 0 Å². The van der Waals surface area contributed by atoms with Crippen molar-refractivity contribution in [3.63, 3.8) is 0 Å². The summed E-state index contributed by atoms with van der Waals surface area (Å²) in [7, 11) is -4.07. The summed E-state index contributed by atoms with van der Waals surface area (Å²) in [5, 5.41) is 0. The zero-order valence-corrected chi connectivity index (χ0v) is 18.7. The first-order valence-electron chi connectivity index (χ1n) is 9.53. The molecule has 172 valence electrons. The highest BCUT2D eigenvalue weighted by molar-refractivity contribution is 7.53. The van der Waals surface area contributed by atoms with Crippen molar-refractivity contribution in [3.05, 3.63) is 36.9 Å². The molecule has 3 aromatic rings. The molecule has 13 heteroatoms. The number of carbonyl (C=O) groups excluding carboxylic acids is 1. The molecule has 0 aliphatic rings. The van der Waals surface area contributed by atoms with Crippen LogP contribution in [0.5, 0.6) is 11.5 Å². The van der Waals surface area contributed by atoms with Crippen LogP contribution < -0.4 is 19.8 Å². The zero-order chi connectivity index (χ0) is 23.4. The van der Waals surface area contributed by atoms with E-state index in [1.165, 1.54) is 41.7 Å². The number of ether oxygens (including phenoxy) is 2. The number of aromatic nitrogens is 4. The SMILES string of the molecule is CC(C)(C)C(=O)Oc1ccc(OP(=O)(O)COCCOn2cnc3c(N)ncnc32)cc1. The maximum atomic E-state index is 12.2. The van der Waals surface area contributed by atoms with Gasteiger partial charge in [0.05, 0.1) is 12.0 Å². The summed E-state index contributed by atoms with van der Waals surface area (Å²) in [6.45, 7) is 5.28. The first-order chi connectivity index (χ1) is 15.0. The van der Waals surface area contributed by atoms with Crippen molar-refractivity contribution in [1.82, 2.24) is 19.7 Å². The Hall–Kier alpha value is -3.21. The van der Waals surface area contributed by atoms with Gasteiger partial charge in [-0.15, -0.1) is 0 Å². The molecule has 0 saturated carbocycles. The molecule has 32 heavy (non-hydrogen) atoms. The van der Waals surface area contributed by atoms with Gasteiger partial charge in [0, 0.05) is 0 Å². The second kappa shape index (κ2) is 9.51. The summed E-state index contributed by atoms with van der Waals surface area (Å²) in [6, 6.07) is 5.79. The number of esters is 1. The van der Waals surface area contributed by atoms with Gasteiger partial charge >= 0.3 is 13.6 Å². The molecule has 1 unspecified atom stereocenters. The number of hydrogen-bond donors (Lipinski definition) is 2. The van der Waals surface area contributed by atoms with Gasteiger partial charge in [0.25, 0.3) is 0 Å². The predicted molar refractivity (Wildman–Crippen MR) is 114 cm³/mol. The largest absolute Gasteiger partial charge is 0.426 e. The Bertz CT molecular complexity index is 1130. The molecule has 0 amide bonds. The van der Waals surface area contributed by atoms with Gasteiger partial charge in [-0.2, -0.15) is 4.73 Å². The van der Waals surface area contributed by atoms with Crippen LogP contribution in [-0.2, 0) is 14.1 Å². The number of imidazole rings is 1. The maximum Gasteiger partial charge on any atom is 0.402 e. The van der Waals surface area contributed by atoms with Crippen molar-refractivity contribution >= 4 is 30.5 Å². The summed E-state index contributed by atoms with van der Waals surface area (Å²) in [5.41, 5.74) is 5.85. The molecule has 3 rings (SSSR count). The Labute approximate surface area is 183 Å². The topological polar surface area (TPSA) is 161 Å². The maximum absolute atomic E-state index is 12.2. The van der Waals surface area contributed by atoms with Crippen LogP contribution >= 0.6 is 7.60 Å². The lowest BCUT2D eigenvalue weighted by Gasteiger charge is -2.17. The molecular formula is C19H24N5O7P. The molecule has 0 aliphatic carbocycles. The van der Waals surface area contributed by atoms with Crippen LogP contribution in [0.4, 0.5) is 5.82 Å². The Morgan fingerprint density at radius 1 is 1.12 bits per heavy atom. The summed E-state index contributed by atoms with van der Waals surface area (Å²) < 4.78 is 29.1. The highest BCUT2D eigenvalue weighted by Gasteiger charge is 2.24. The van der Waals surface area contributed by atoms with Gasteiger partial charge < -0.3 is 29.5 Å². The van der Waals surface area contributed by atoms with Gasteiger partial charge in [-0.05, 0) is 45.0 Å². The van der Waals surface area contributed by atoms with E-state index in [4.69, 9.17) is 24.6 Å². The zero-order valence-electron chi connectivity index (χ0n) is 17.8. The number of nitrogens with zero attached hydrogens (tertiary/aromatic N) is 4. The molecule has 0 fully saturated rings. The number of nitrogen functional groups attached to an aromatic ring is 1. The van der Waals surface area contributed by atoms with Crippen molar-refractivity contribution in [2.24, 2.45) is 5.41 Å². The van der Waals surface area contributed by atoms with Crippen LogP contribution in [0.15, 0.2) is 36.9 Å². The van der Waals surface area contributed by atoms with Gasteiger partial charge in [0.2, 0.25) is 5.65 Å². The van der Waals surface area contributed by atoms with Gasteiger partial charge in [0.1, 0.15) is 30.8 Å². The van der Waals surface area contributed by atoms with Crippen molar-refractivity contribution in [2.45, 2.75) is 20.8 Å². The fraction of sp³-hybridized carbons (Fsp3) is 0.368. The van der Waals surface area contributed by atoms with Crippen LogP contribution in [0.1, 0.15) is 20.8 Å². The average Bonchev–Trinajstić information content (AvgIpc) is 3.13. The minimum atomic E-state index is -4.07. The van der Waals surface area contributed by atoms with E-state index in [1.54, 1.807) is 20.8 Å². The second-order valence-corrected chi connectivity index (χ2v) is 9.43. The molecule has 0 spiro atoms. The molecule has 12 nitrogen and oxygen atoms in total. The van der Waals surface area contributed by atoms with E-state index in [2.05, 4.69) is 15.0 Å². The number of hydrogen-bond acceptors (Lipinski definition) is 10. The van der Waals surface area contributed by atoms with Crippen molar-refractivity contribution < 1.29 is 33.1 Å². The normalized spacial score (nSPS) is 13.5. The fourth-order valence-electron chi connectivity index (χ4n) is 2.32. The van der Waals surface area contributed by atoms with E-state index >= 15 is 0 Å². The highest BCUT2D eigenvalue weighted by Crippen LogP contribution is 2.42. The summed E-state index contributed by atoms with van der Waals surface area (Å²) in [6.07, 6.45) is 2.13. The van der Waals surface area contributed by atoms with Crippen LogP contribution in [0, 0.1) is 5.41 Å². The smallest absolute Gasteiger partial charge is 0.402 e. The Morgan fingerprint density at radius 3 is 2.50 bits per heavy atom. The summed E-state index contributed by atoms with van der Waals surface area (Å²) in [4.78, 5) is 39.2. The molecule has 1 atom stereocenters.